The van der Waals surface area contributed by atoms with Gasteiger partial charge in [0.25, 0.3) is 0 Å². The van der Waals surface area contributed by atoms with Gasteiger partial charge >= 0.3 is 0 Å². The van der Waals surface area contributed by atoms with Crippen LogP contribution in [0, 0.1) is 5.41 Å². The molecule has 1 saturated heterocycles. The maximum atomic E-state index is 9.61. The highest BCUT2D eigenvalue weighted by Gasteiger charge is 2.31. The Bertz CT molecular complexity index is 387. The van der Waals surface area contributed by atoms with Crippen molar-refractivity contribution in [3.05, 3.63) is 16.1 Å². The minimum Gasteiger partial charge on any atom is -0.396 e. The quantitative estimate of drug-likeness (QED) is 0.840. The summed E-state index contributed by atoms with van der Waals surface area (Å²) >= 11 is 1.73. The van der Waals surface area contributed by atoms with E-state index in [1.54, 1.807) is 11.3 Å². The molecular formula is C14H24N2O2S. The number of nitrogens with one attached hydrogen (secondary N) is 1. The first-order valence-electron chi connectivity index (χ1n) is 6.99. The topological polar surface area (TPSA) is 54.4 Å². The maximum absolute atomic E-state index is 9.61. The number of ether oxygens (including phenoxy) is 1. The van der Waals surface area contributed by atoms with Crippen LogP contribution in [0.1, 0.15) is 43.3 Å². The SMILES string of the molecule is CC(C)c1nc(CNCC2(CO)CCOCC2)cs1. The highest BCUT2D eigenvalue weighted by Crippen LogP contribution is 2.29. The van der Waals surface area contributed by atoms with E-state index in [-0.39, 0.29) is 12.0 Å². The number of hydrogen-bond donors (Lipinski definition) is 2. The standard InChI is InChI=1S/C14H24N2O2S/c1-11(2)13-16-12(8-19-13)7-15-9-14(10-17)3-5-18-6-4-14/h8,11,15,17H,3-7,9-10H2,1-2H3. The van der Waals surface area contributed by atoms with E-state index < -0.39 is 0 Å². The first-order chi connectivity index (χ1) is 9.15. The number of aliphatic hydroxyl groups is 1. The van der Waals surface area contributed by atoms with Gasteiger partial charge in [-0.25, -0.2) is 4.98 Å². The van der Waals surface area contributed by atoms with Crippen LogP contribution in [0.25, 0.3) is 0 Å². The van der Waals surface area contributed by atoms with Crippen molar-refractivity contribution < 1.29 is 9.84 Å². The number of rotatable bonds is 6. The van der Waals surface area contributed by atoms with Crippen LogP contribution in [0.4, 0.5) is 0 Å². The predicted molar refractivity (Wildman–Crippen MR) is 77.5 cm³/mol. The van der Waals surface area contributed by atoms with Crippen LogP contribution in [-0.4, -0.2) is 36.5 Å². The van der Waals surface area contributed by atoms with Crippen molar-refractivity contribution in [3.8, 4) is 0 Å². The first kappa shape index (κ1) is 14.9. The molecule has 2 rings (SSSR count). The second kappa shape index (κ2) is 6.79. The fraction of sp³-hybridized carbons (Fsp3) is 0.786. The highest BCUT2D eigenvalue weighted by molar-refractivity contribution is 7.09. The minimum absolute atomic E-state index is 0.00481. The molecule has 1 aromatic rings. The lowest BCUT2D eigenvalue weighted by molar-refractivity contribution is -0.0154. The van der Waals surface area contributed by atoms with Crippen molar-refractivity contribution >= 4 is 11.3 Å². The molecule has 2 N–H and O–H groups in total. The summed E-state index contributed by atoms with van der Waals surface area (Å²) in [6.07, 6.45) is 1.87. The first-order valence-corrected chi connectivity index (χ1v) is 7.87. The van der Waals surface area contributed by atoms with Gasteiger partial charge in [0.2, 0.25) is 0 Å². The average Bonchev–Trinajstić information content (AvgIpc) is 2.89. The van der Waals surface area contributed by atoms with Crippen LogP contribution < -0.4 is 5.32 Å². The molecule has 19 heavy (non-hydrogen) atoms. The van der Waals surface area contributed by atoms with Gasteiger partial charge in [-0.3, -0.25) is 0 Å². The molecule has 0 spiro atoms. The molecule has 0 saturated carbocycles. The van der Waals surface area contributed by atoms with Crippen LogP contribution in [-0.2, 0) is 11.3 Å². The van der Waals surface area contributed by atoms with Gasteiger partial charge in [-0.1, -0.05) is 13.8 Å². The Morgan fingerprint density at radius 3 is 2.79 bits per heavy atom. The van der Waals surface area contributed by atoms with Gasteiger partial charge in [-0.15, -0.1) is 11.3 Å². The van der Waals surface area contributed by atoms with Crippen molar-refractivity contribution in [1.82, 2.24) is 10.3 Å². The Kier molecular flexibility index (Phi) is 5.33. The van der Waals surface area contributed by atoms with E-state index in [2.05, 4.69) is 29.5 Å². The molecule has 4 nitrogen and oxygen atoms in total. The largest absolute Gasteiger partial charge is 0.396 e. The molecule has 0 amide bonds. The third-order valence-electron chi connectivity index (χ3n) is 3.76. The second-order valence-corrected chi connectivity index (χ2v) is 6.60. The predicted octanol–water partition coefficient (Wildman–Crippen LogP) is 2.15. The number of aliphatic hydroxyl groups excluding tert-OH is 1. The number of aromatic nitrogens is 1. The van der Waals surface area contributed by atoms with E-state index in [0.29, 0.717) is 5.92 Å². The molecule has 0 atom stereocenters. The van der Waals surface area contributed by atoms with Crippen LogP contribution in [0.3, 0.4) is 0 Å². The maximum Gasteiger partial charge on any atom is 0.0954 e. The number of hydrogen-bond acceptors (Lipinski definition) is 5. The second-order valence-electron chi connectivity index (χ2n) is 5.71. The van der Waals surface area contributed by atoms with E-state index in [4.69, 9.17) is 4.74 Å². The molecule has 1 aromatic heterocycles. The third-order valence-corrected chi connectivity index (χ3v) is 4.95. The summed E-state index contributed by atoms with van der Waals surface area (Å²) in [4.78, 5) is 4.61. The van der Waals surface area contributed by atoms with Crippen molar-refractivity contribution in [2.45, 2.75) is 39.2 Å². The van der Waals surface area contributed by atoms with E-state index in [1.165, 1.54) is 5.01 Å². The normalized spacial score (nSPS) is 18.9. The molecule has 108 valence electrons. The summed E-state index contributed by atoms with van der Waals surface area (Å²) in [7, 11) is 0. The van der Waals surface area contributed by atoms with Crippen LogP contribution in [0.2, 0.25) is 0 Å². The van der Waals surface area contributed by atoms with Gasteiger partial charge in [0.15, 0.2) is 0 Å². The van der Waals surface area contributed by atoms with Crippen molar-refractivity contribution in [2.24, 2.45) is 5.41 Å². The summed E-state index contributed by atoms with van der Waals surface area (Å²) in [5.74, 6) is 0.498. The smallest absolute Gasteiger partial charge is 0.0954 e. The zero-order valence-electron chi connectivity index (χ0n) is 11.8. The Labute approximate surface area is 119 Å². The molecule has 0 radical (unpaired) electrons. The van der Waals surface area contributed by atoms with E-state index in [1.807, 2.05) is 0 Å². The molecule has 2 heterocycles. The Hall–Kier alpha value is -0.490. The van der Waals surface area contributed by atoms with Crippen molar-refractivity contribution in [2.75, 3.05) is 26.4 Å². The number of nitrogens with zero attached hydrogens (tertiary/aromatic N) is 1. The minimum atomic E-state index is -0.00481. The van der Waals surface area contributed by atoms with Crippen LogP contribution in [0.5, 0.6) is 0 Å². The van der Waals surface area contributed by atoms with Crippen LogP contribution in [0.15, 0.2) is 5.38 Å². The van der Waals surface area contributed by atoms with E-state index in [9.17, 15) is 5.11 Å². The van der Waals surface area contributed by atoms with E-state index in [0.717, 1.165) is 44.8 Å². The van der Waals surface area contributed by atoms with Gasteiger partial charge in [-0.2, -0.15) is 0 Å². The Balaban J connectivity index is 1.81. The van der Waals surface area contributed by atoms with Crippen molar-refractivity contribution in [3.63, 3.8) is 0 Å². The summed E-state index contributed by atoms with van der Waals surface area (Å²) in [6.45, 7) is 7.70. The van der Waals surface area contributed by atoms with Gasteiger partial charge in [0, 0.05) is 43.0 Å². The molecular weight excluding hydrogens is 260 g/mol. The summed E-state index contributed by atoms with van der Waals surface area (Å²) in [5.41, 5.74) is 1.10. The average molecular weight is 284 g/mol. The Morgan fingerprint density at radius 1 is 1.47 bits per heavy atom. The number of thiazole rings is 1. The lowest BCUT2D eigenvalue weighted by Gasteiger charge is -2.35. The summed E-state index contributed by atoms with van der Waals surface area (Å²) in [6, 6.07) is 0. The molecule has 0 aliphatic carbocycles. The zero-order chi connectivity index (χ0) is 13.7. The van der Waals surface area contributed by atoms with Gasteiger partial charge in [-0.05, 0) is 12.8 Å². The van der Waals surface area contributed by atoms with E-state index >= 15 is 0 Å². The molecule has 0 bridgehead atoms. The fourth-order valence-corrected chi connectivity index (χ4v) is 3.15. The Morgan fingerprint density at radius 2 is 2.21 bits per heavy atom. The zero-order valence-corrected chi connectivity index (χ0v) is 12.6. The third kappa shape index (κ3) is 3.99. The molecule has 1 aliphatic heterocycles. The van der Waals surface area contributed by atoms with Gasteiger partial charge < -0.3 is 15.2 Å². The molecule has 0 unspecified atom stereocenters. The lowest BCUT2D eigenvalue weighted by atomic mass is 9.81. The summed E-state index contributed by atoms with van der Waals surface area (Å²) in [5, 5.41) is 16.4. The monoisotopic (exact) mass is 284 g/mol. The van der Waals surface area contributed by atoms with Crippen LogP contribution >= 0.6 is 11.3 Å². The molecule has 1 aliphatic rings. The fourth-order valence-electron chi connectivity index (χ4n) is 2.32. The molecule has 1 fully saturated rings. The van der Waals surface area contributed by atoms with Gasteiger partial charge in [0.05, 0.1) is 17.3 Å². The highest BCUT2D eigenvalue weighted by atomic mass is 32.1. The molecule has 5 heteroatoms. The van der Waals surface area contributed by atoms with Crippen molar-refractivity contribution in [1.29, 1.82) is 0 Å². The molecule has 0 aromatic carbocycles. The van der Waals surface area contributed by atoms with Gasteiger partial charge in [0.1, 0.15) is 0 Å². The summed E-state index contributed by atoms with van der Waals surface area (Å²) < 4.78 is 5.37. The lowest BCUT2D eigenvalue weighted by Crippen LogP contribution is -2.41.